The topological polar surface area (TPSA) is 218 Å². The number of nitrogens with one attached hydrogen (secondary N) is 4. The van der Waals surface area contributed by atoms with Gasteiger partial charge in [-0.15, -0.1) is 10.2 Å². The fraction of sp³-hybridized carbons (Fsp3) is 0.793. The Morgan fingerprint density at radius 1 is 0.844 bits per heavy atom. The summed E-state index contributed by atoms with van der Waals surface area (Å²) in [6, 6.07) is 0. The normalized spacial score (nSPS) is 10.8. The van der Waals surface area contributed by atoms with Crippen molar-refractivity contribution in [1.29, 1.82) is 0 Å². The van der Waals surface area contributed by atoms with Crippen LogP contribution < -0.4 is 11.1 Å². The number of carbonyl (C=O) groups excluding carboxylic acids is 1. The van der Waals surface area contributed by atoms with Crippen molar-refractivity contribution < 1.29 is 17.7 Å². The predicted molar refractivity (Wildman–Crippen MR) is 176 cm³/mol. The van der Waals surface area contributed by atoms with Crippen LogP contribution >= 0.6 is 0 Å². The van der Waals surface area contributed by atoms with Gasteiger partial charge < -0.3 is 5.32 Å². The number of aromatic nitrogens is 9. The second kappa shape index (κ2) is 23.9. The maximum atomic E-state index is 10.5. The van der Waals surface area contributed by atoms with Gasteiger partial charge in [0.05, 0.1) is 5.75 Å². The van der Waals surface area contributed by atoms with Gasteiger partial charge >= 0.3 is 5.76 Å². The zero-order chi connectivity index (χ0) is 35.2. The summed E-state index contributed by atoms with van der Waals surface area (Å²) in [6.07, 6.45) is 4.51. The van der Waals surface area contributed by atoms with Gasteiger partial charge in [0.1, 0.15) is 15.7 Å². The van der Waals surface area contributed by atoms with Crippen molar-refractivity contribution >= 4 is 15.7 Å². The Bertz CT molecular complexity index is 1290. The molecule has 0 aliphatic heterocycles. The van der Waals surface area contributed by atoms with Crippen molar-refractivity contribution in [3.8, 4) is 0 Å². The summed E-state index contributed by atoms with van der Waals surface area (Å²) < 4.78 is 25.2. The first-order valence-electron chi connectivity index (χ1n) is 15.3. The Morgan fingerprint density at radius 2 is 1.40 bits per heavy atom. The summed E-state index contributed by atoms with van der Waals surface area (Å²) in [5, 5.41) is 26.4. The van der Waals surface area contributed by atoms with Crippen LogP contribution in [0.4, 0.5) is 0 Å². The lowest BCUT2D eigenvalue weighted by Crippen LogP contribution is -2.19. The van der Waals surface area contributed by atoms with E-state index in [2.05, 4.69) is 83.5 Å². The van der Waals surface area contributed by atoms with Crippen molar-refractivity contribution in [2.45, 2.75) is 102 Å². The molecule has 0 saturated heterocycles. The standard InChI is InChI=1S/C7H13N3.C6H10N2O2.C6H13NO.C5H10N4.C5H12O2S/c1-5(2)4-7-8-6(3)9-10-7;1-4(2)3-5-7-6(9)10-8-5;1-5(2)4-6(8)7-3;1-4(2)3-5-6-8-9-7-5;1-5(2)4-8(3,6)7/h5H,4H2,1-3H3,(H,8,9,10);4H,3H2,1-2H3,(H,7,8,9);5H,4H2,1-3H3,(H,7,8);4H,3H2,1-2H3,(H,6,7,8,9);5H,4H2,1-3H3. The van der Waals surface area contributed by atoms with Crippen LogP contribution in [0.5, 0.6) is 0 Å². The van der Waals surface area contributed by atoms with Crippen molar-refractivity contribution in [1.82, 2.24) is 51.3 Å². The smallest absolute Gasteiger partial charge is 0.359 e. The molecular formula is C29H58N10O5S. The average Bonchev–Trinajstić information content (AvgIpc) is 3.61. The maximum Gasteiger partial charge on any atom is 0.438 e. The highest BCUT2D eigenvalue weighted by atomic mass is 32.2. The third kappa shape index (κ3) is 30.4. The zero-order valence-electron chi connectivity index (χ0n) is 29.6. The SMILES string of the molecule is CC(C)CS(C)(=O)=O.CC(C)Cc1nn[nH]n1.CC(C)Cc1noc(=O)[nH]1.CNC(=O)CC(C)C.Cc1nc(CC(C)C)n[nH]1. The third-order valence-corrected chi connectivity index (χ3v) is 6.08. The van der Waals surface area contributed by atoms with Crippen LogP contribution in [0.25, 0.3) is 0 Å². The Labute approximate surface area is 268 Å². The minimum atomic E-state index is -2.72. The van der Waals surface area contributed by atoms with Crippen LogP contribution in [0.15, 0.2) is 9.32 Å². The van der Waals surface area contributed by atoms with E-state index in [9.17, 15) is 18.0 Å². The van der Waals surface area contributed by atoms with E-state index in [1.165, 1.54) is 6.26 Å². The lowest BCUT2D eigenvalue weighted by Gasteiger charge is -2.00. The summed E-state index contributed by atoms with van der Waals surface area (Å²) in [5.41, 5.74) is 0. The summed E-state index contributed by atoms with van der Waals surface area (Å²) in [6.45, 7) is 22.4. The minimum Gasteiger partial charge on any atom is -0.359 e. The molecule has 0 aliphatic rings. The van der Waals surface area contributed by atoms with Crippen LogP contribution in [-0.2, 0) is 33.9 Å². The van der Waals surface area contributed by atoms with E-state index >= 15 is 0 Å². The summed E-state index contributed by atoms with van der Waals surface area (Å²) >= 11 is 0. The molecule has 0 unspecified atom stereocenters. The van der Waals surface area contributed by atoms with Gasteiger partial charge in [0.15, 0.2) is 17.5 Å². The van der Waals surface area contributed by atoms with Crippen LogP contribution in [0.1, 0.15) is 99.0 Å². The molecule has 3 aromatic heterocycles. The minimum absolute atomic E-state index is 0.125. The summed E-state index contributed by atoms with van der Waals surface area (Å²) in [7, 11) is -1.07. The highest BCUT2D eigenvalue weighted by molar-refractivity contribution is 7.90. The molecular weight excluding hydrogens is 600 g/mol. The van der Waals surface area contributed by atoms with Gasteiger partial charge in [-0.1, -0.05) is 79.6 Å². The van der Waals surface area contributed by atoms with Crippen molar-refractivity contribution in [2.75, 3.05) is 19.1 Å². The molecule has 3 aromatic rings. The Balaban J connectivity index is 0. The number of carbonyl (C=O) groups is 1. The molecule has 0 spiro atoms. The molecule has 3 heterocycles. The Morgan fingerprint density at radius 3 is 1.69 bits per heavy atom. The number of aryl methyl sites for hydroxylation is 1. The molecule has 15 nitrogen and oxygen atoms in total. The van der Waals surface area contributed by atoms with Gasteiger partial charge in [-0.3, -0.25) is 19.4 Å². The number of amides is 1. The molecule has 0 aliphatic carbocycles. The van der Waals surface area contributed by atoms with Crippen LogP contribution in [0, 0.1) is 36.5 Å². The highest BCUT2D eigenvalue weighted by Crippen LogP contribution is 2.02. The molecule has 0 fully saturated rings. The predicted octanol–water partition coefficient (Wildman–Crippen LogP) is 3.74. The first-order chi connectivity index (χ1) is 20.7. The first kappa shape index (κ1) is 43.7. The van der Waals surface area contributed by atoms with E-state index in [0.29, 0.717) is 41.7 Å². The maximum absolute atomic E-state index is 10.5. The van der Waals surface area contributed by atoms with E-state index in [-0.39, 0.29) is 11.8 Å². The van der Waals surface area contributed by atoms with Crippen molar-refractivity contribution in [3.63, 3.8) is 0 Å². The van der Waals surface area contributed by atoms with E-state index in [0.717, 1.165) is 36.7 Å². The van der Waals surface area contributed by atoms with Gasteiger partial charge in [-0.2, -0.15) is 10.3 Å². The van der Waals surface area contributed by atoms with Crippen LogP contribution in [0.3, 0.4) is 0 Å². The van der Waals surface area contributed by atoms with Gasteiger partial charge in [0.2, 0.25) is 5.91 Å². The molecule has 0 aromatic carbocycles. The third-order valence-electron chi connectivity index (χ3n) is 4.81. The zero-order valence-corrected chi connectivity index (χ0v) is 30.4. The molecule has 0 atom stereocenters. The van der Waals surface area contributed by atoms with E-state index in [4.69, 9.17) is 0 Å². The number of sulfone groups is 1. The lowest BCUT2D eigenvalue weighted by atomic mass is 10.1. The largest absolute Gasteiger partial charge is 0.438 e. The number of hydrogen-bond acceptors (Lipinski definition) is 11. The number of rotatable bonds is 10. The number of hydrogen-bond donors (Lipinski definition) is 4. The van der Waals surface area contributed by atoms with Crippen LogP contribution in [0.2, 0.25) is 0 Å². The van der Waals surface area contributed by atoms with Gasteiger partial charge in [-0.05, 0) is 36.5 Å². The van der Waals surface area contributed by atoms with E-state index in [1.54, 1.807) is 7.05 Å². The number of nitrogens with zero attached hydrogens (tertiary/aromatic N) is 6. The number of H-pyrrole nitrogens is 3. The average molecular weight is 659 g/mol. The molecule has 3 rings (SSSR count). The van der Waals surface area contributed by atoms with Crippen LogP contribution in [-0.4, -0.2) is 79.3 Å². The van der Waals surface area contributed by atoms with Crippen molar-refractivity contribution in [3.05, 3.63) is 33.8 Å². The molecule has 45 heavy (non-hydrogen) atoms. The lowest BCUT2D eigenvalue weighted by molar-refractivity contribution is -0.121. The fourth-order valence-corrected chi connectivity index (χ4v) is 4.50. The van der Waals surface area contributed by atoms with Gasteiger partial charge in [0.25, 0.3) is 0 Å². The quantitative estimate of drug-likeness (QED) is 0.246. The Hall–Kier alpha value is -3.43. The monoisotopic (exact) mass is 658 g/mol. The summed E-state index contributed by atoms with van der Waals surface area (Å²) in [5.74, 6) is 5.63. The summed E-state index contributed by atoms with van der Waals surface area (Å²) in [4.78, 5) is 27.6. The molecule has 0 radical (unpaired) electrons. The van der Waals surface area contributed by atoms with E-state index in [1.807, 2.05) is 48.5 Å². The molecule has 16 heteroatoms. The van der Waals surface area contributed by atoms with Crippen molar-refractivity contribution in [2.24, 2.45) is 29.6 Å². The second-order valence-corrected chi connectivity index (χ2v) is 14.9. The van der Waals surface area contributed by atoms with Gasteiger partial charge in [0, 0.05) is 39.0 Å². The molecule has 1 amide bonds. The molecule has 0 bridgehead atoms. The first-order valence-corrected chi connectivity index (χ1v) is 17.3. The van der Waals surface area contributed by atoms with E-state index < -0.39 is 15.6 Å². The Kier molecular flexibility index (Phi) is 23.2. The number of tetrazole rings is 1. The molecule has 260 valence electrons. The molecule has 4 N–H and O–H groups in total. The van der Waals surface area contributed by atoms with Gasteiger partial charge in [-0.25, -0.2) is 18.2 Å². The molecule has 0 saturated carbocycles. The fourth-order valence-electron chi connectivity index (χ4n) is 3.29. The highest BCUT2D eigenvalue weighted by Gasteiger charge is 2.04. The number of aromatic amines is 3. The second-order valence-electron chi connectivity index (χ2n) is 12.8.